The Morgan fingerprint density at radius 1 is 0.762 bits per heavy atom. The molecule has 2 aliphatic heterocycles. The molecular weight excluding hydrogens is 583 g/mol. The number of likely N-dealkylation sites (tertiary alicyclic amines) is 2. The number of methoxy groups -OCH3 is 1. The van der Waals surface area contributed by atoms with Gasteiger partial charge in [0.05, 0.1) is 19.1 Å². The van der Waals surface area contributed by atoms with Gasteiger partial charge in [0.25, 0.3) is 0 Å². The van der Waals surface area contributed by atoms with E-state index in [1.807, 2.05) is 0 Å². The molecule has 2 aromatic carbocycles. The number of carbonyl (C=O) groups is 2. The van der Waals surface area contributed by atoms with E-state index in [2.05, 4.69) is 14.2 Å². The molecule has 2 aromatic rings. The van der Waals surface area contributed by atoms with Gasteiger partial charge in [-0.1, -0.05) is 12.1 Å². The summed E-state index contributed by atoms with van der Waals surface area (Å²) in [6, 6.07) is 3.48. The molecule has 2 heterocycles. The number of carboxylic acids is 1. The molecule has 4 rings (SSSR count). The van der Waals surface area contributed by atoms with Crippen molar-refractivity contribution in [3.63, 3.8) is 0 Å². The number of hydrogen-bond acceptors (Lipinski definition) is 8. The summed E-state index contributed by atoms with van der Waals surface area (Å²) in [5.74, 6) is -6.44. The topological polar surface area (TPSA) is 91.4 Å². The maximum atomic E-state index is 13.4. The van der Waals surface area contributed by atoms with Crippen molar-refractivity contribution < 1.29 is 82.9 Å². The van der Waals surface area contributed by atoms with Gasteiger partial charge in [0.15, 0.2) is 23.1 Å². The van der Waals surface area contributed by atoms with Crippen molar-refractivity contribution in [2.24, 2.45) is 0 Å². The number of aliphatic carboxylic acids is 1. The van der Waals surface area contributed by atoms with Crippen LogP contribution in [-0.2, 0) is 14.3 Å². The number of halogens is 8. The Kier molecular flexibility index (Phi) is 12.1. The number of carbonyl (C=O) groups excluding carboxylic acids is 2. The predicted molar refractivity (Wildman–Crippen MR) is 121 cm³/mol. The minimum absolute atomic E-state index is 0. The molecule has 226 valence electrons. The van der Waals surface area contributed by atoms with Gasteiger partial charge in [-0.05, 0) is 48.2 Å². The van der Waals surface area contributed by atoms with E-state index in [4.69, 9.17) is 0 Å². The number of ether oxygens (including phenoxy) is 3. The van der Waals surface area contributed by atoms with Crippen LogP contribution >= 0.6 is 0 Å². The third-order valence-corrected chi connectivity index (χ3v) is 6.15. The Hall–Kier alpha value is -3.06. The molecule has 0 amide bonds. The molecule has 0 N–H and O–H groups in total. The molecular formula is C25H23F8LiN2O6. The Balaban J connectivity index is 0.000000287. The third kappa shape index (κ3) is 9.48. The van der Waals surface area contributed by atoms with Gasteiger partial charge in [-0.2, -0.15) is 0 Å². The number of hydrogen-bond donors (Lipinski definition) is 0. The van der Waals surface area contributed by atoms with Crippen LogP contribution in [0, 0.1) is 11.6 Å². The summed E-state index contributed by atoms with van der Waals surface area (Å²) < 4.78 is 111. The zero-order valence-electron chi connectivity index (χ0n) is 22.2. The molecule has 17 heteroatoms. The molecule has 0 aliphatic carbocycles. The summed E-state index contributed by atoms with van der Waals surface area (Å²) in [7, 11) is 1.19. The van der Waals surface area contributed by atoms with E-state index in [-0.39, 0.29) is 30.0 Å². The average molecular weight is 606 g/mol. The first-order valence-corrected chi connectivity index (χ1v) is 12.0. The first kappa shape index (κ1) is 35.1. The van der Waals surface area contributed by atoms with E-state index < -0.39 is 59.9 Å². The van der Waals surface area contributed by atoms with Crippen LogP contribution in [0.15, 0.2) is 36.4 Å². The molecule has 2 atom stereocenters. The van der Waals surface area contributed by atoms with Gasteiger partial charge in [-0.25, -0.2) is 13.6 Å². The normalized spacial score (nSPS) is 16.8. The average Bonchev–Trinajstić information content (AvgIpc) is 2.79. The first-order chi connectivity index (χ1) is 19.1. The summed E-state index contributed by atoms with van der Waals surface area (Å²) in [5, 5.41) is 11.1. The second-order valence-electron chi connectivity index (χ2n) is 8.90. The molecule has 42 heavy (non-hydrogen) atoms. The fraction of sp³-hybridized carbons (Fsp3) is 0.440. The van der Waals surface area contributed by atoms with Crippen LogP contribution in [0.1, 0.15) is 36.1 Å². The monoisotopic (exact) mass is 606 g/mol. The van der Waals surface area contributed by atoms with Crippen molar-refractivity contribution in [2.75, 3.05) is 33.3 Å². The summed E-state index contributed by atoms with van der Waals surface area (Å²) in [6.45, 7) is 2.22. The van der Waals surface area contributed by atoms with Crippen molar-refractivity contribution in [1.82, 2.24) is 9.80 Å². The zero-order valence-corrected chi connectivity index (χ0v) is 22.2. The molecule has 0 aromatic heterocycles. The van der Waals surface area contributed by atoms with Gasteiger partial charge in [0.2, 0.25) is 0 Å². The number of rotatable bonds is 8. The summed E-state index contributed by atoms with van der Waals surface area (Å²) in [6.07, 6.45) is -8.39. The van der Waals surface area contributed by atoms with E-state index in [1.54, 1.807) is 4.90 Å². The fourth-order valence-electron chi connectivity index (χ4n) is 4.09. The second-order valence-corrected chi connectivity index (χ2v) is 8.90. The molecule has 2 aliphatic rings. The van der Waals surface area contributed by atoms with Crippen LogP contribution in [0.25, 0.3) is 0 Å². The smallest absolute Gasteiger partial charge is 0.548 e. The van der Waals surface area contributed by atoms with Crippen molar-refractivity contribution in [3.8, 4) is 11.5 Å². The number of nitrogens with zero attached hydrogens (tertiary/aromatic N) is 2. The van der Waals surface area contributed by atoms with Crippen molar-refractivity contribution in [1.29, 1.82) is 0 Å². The molecule has 0 bridgehead atoms. The van der Waals surface area contributed by atoms with Crippen LogP contribution in [0.2, 0.25) is 0 Å². The van der Waals surface area contributed by atoms with Crippen LogP contribution < -0.4 is 33.4 Å². The van der Waals surface area contributed by atoms with Gasteiger partial charge in [0, 0.05) is 26.2 Å². The number of alkyl halides is 6. The van der Waals surface area contributed by atoms with Gasteiger partial charge < -0.3 is 24.1 Å². The number of benzene rings is 2. The van der Waals surface area contributed by atoms with Crippen LogP contribution in [0.3, 0.4) is 0 Å². The predicted octanol–water partition coefficient (Wildman–Crippen LogP) is 0.869. The molecule has 0 spiro atoms. The second kappa shape index (κ2) is 14.4. The Labute approximate surface area is 246 Å². The maximum Gasteiger partial charge on any atom is 1.00 e. The van der Waals surface area contributed by atoms with Crippen LogP contribution in [0.5, 0.6) is 11.5 Å². The van der Waals surface area contributed by atoms with Crippen LogP contribution in [0.4, 0.5) is 35.1 Å². The van der Waals surface area contributed by atoms with E-state index in [9.17, 15) is 49.8 Å². The van der Waals surface area contributed by atoms with Gasteiger partial charge in [-0.3, -0.25) is 9.80 Å². The Morgan fingerprint density at radius 2 is 1.14 bits per heavy atom. The van der Waals surface area contributed by atoms with Crippen LogP contribution in [-0.4, -0.2) is 67.8 Å². The standard InChI is InChI=1S/C13H13F4NO3.C12H11F4NO3.Li/c1-20-12(19)11(18-5-2-6-18)8-3-4-9(14)10(7-8)21-13(15,16)17;13-8-3-2-7(6-9(8)20-12(14,15)16)10(11(18)19)17-4-1-5-17;/h3-4,7,11H,2,5-6H2,1H3;2-3,6,10H,1,4-5H2,(H,18,19);/q;;+1/p-1. The van der Waals surface area contributed by atoms with Gasteiger partial charge in [0.1, 0.15) is 6.04 Å². The molecule has 2 unspecified atom stereocenters. The number of carboxylic acid groups (broad SMARTS) is 1. The molecule has 0 radical (unpaired) electrons. The summed E-state index contributed by atoms with van der Waals surface area (Å²) in [4.78, 5) is 26.2. The van der Waals surface area contributed by atoms with E-state index >= 15 is 0 Å². The maximum absolute atomic E-state index is 13.4. The summed E-state index contributed by atoms with van der Waals surface area (Å²) >= 11 is 0. The Bertz CT molecular complexity index is 1240. The van der Waals surface area contributed by atoms with Crippen molar-refractivity contribution >= 4 is 11.9 Å². The SMILES string of the molecule is COC(=O)C(c1ccc(F)c(OC(F)(F)F)c1)N1CCC1.O=C([O-])C(c1ccc(F)c(OC(F)(F)F)c1)N1CCC1.[Li+]. The number of esters is 1. The minimum Gasteiger partial charge on any atom is -0.548 e. The molecule has 8 nitrogen and oxygen atoms in total. The van der Waals surface area contributed by atoms with E-state index in [0.29, 0.717) is 26.2 Å². The zero-order chi connectivity index (χ0) is 30.5. The quantitative estimate of drug-likeness (QED) is 0.249. The fourth-order valence-corrected chi connectivity index (χ4v) is 4.09. The molecule has 2 saturated heterocycles. The Morgan fingerprint density at radius 3 is 1.45 bits per heavy atom. The largest absolute Gasteiger partial charge is 1.00 e. The van der Waals surface area contributed by atoms with Gasteiger partial charge in [-0.15, -0.1) is 26.3 Å². The minimum atomic E-state index is -5.05. The van der Waals surface area contributed by atoms with Crippen molar-refractivity contribution in [2.45, 2.75) is 37.7 Å². The third-order valence-electron chi connectivity index (χ3n) is 6.15. The van der Waals surface area contributed by atoms with Crippen molar-refractivity contribution in [3.05, 3.63) is 59.2 Å². The first-order valence-electron chi connectivity index (χ1n) is 12.0. The molecule has 0 saturated carbocycles. The molecule has 2 fully saturated rings. The van der Waals surface area contributed by atoms with E-state index in [0.717, 1.165) is 43.2 Å². The van der Waals surface area contributed by atoms with Gasteiger partial charge >= 0.3 is 37.6 Å². The summed E-state index contributed by atoms with van der Waals surface area (Å²) in [5.41, 5.74) is 0.188. The van der Waals surface area contributed by atoms with E-state index in [1.165, 1.54) is 18.1 Å².